The van der Waals surface area contributed by atoms with Crippen LogP contribution in [0.25, 0.3) is 28.2 Å². The molecule has 4 heteroatoms. The number of hydrogen-bond acceptors (Lipinski definition) is 3. The van der Waals surface area contributed by atoms with Crippen LogP contribution >= 0.6 is 0 Å². The lowest BCUT2D eigenvalue weighted by Gasteiger charge is -2.08. The first-order chi connectivity index (χ1) is 14.1. The standard InChI is InChI=1S/C25H26FNO2/c1-3-15-29-21-11-12-22(23(26)17-21)25-14-10-20-16-19(9-13-24(20)27-25)8-6-4-5-7-18(2)28/h3,6,8-14,16-18,28H,1,4-5,7,15H2,2H3. The Bertz CT molecular complexity index is 1010. The van der Waals surface area contributed by atoms with Gasteiger partial charge in [0.25, 0.3) is 0 Å². The van der Waals surface area contributed by atoms with E-state index < -0.39 is 0 Å². The number of halogens is 1. The number of unbranched alkanes of at least 4 members (excludes halogenated alkanes) is 1. The zero-order valence-corrected chi connectivity index (χ0v) is 16.6. The van der Waals surface area contributed by atoms with Crippen LogP contribution in [-0.4, -0.2) is 22.8 Å². The fourth-order valence-corrected chi connectivity index (χ4v) is 3.10. The summed E-state index contributed by atoms with van der Waals surface area (Å²) >= 11 is 0. The summed E-state index contributed by atoms with van der Waals surface area (Å²) in [6.45, 7) is 5.74. The maximum absolute atomic E-state index is 14.5. The third kappa shape index (κ3) is 5.75. The molecule has 0 amide bonds. The van der Waals surface area contributed by atoms with Gasteiger partial charge in [0.2, 0.25) is 0 Å². The second-order valence-corrected chi connectivity index (χ2v) is 7.07. The van der Waals surface area contributed by atoms with Crippen LogP contribution in [-0.2, 0) is 0 Å². The Labute approximate surface area is 171 Å². The summed E-state index contributed by atoms with van der Waals surface area (Å²) in [6, 6.07) is 14.6. The highest BCUT2D eigenvalue weighted by Crippen LogP contribution is 2.27. The van der Waals surface area contributed by atoms with Gasteiger partial charge in [0, 0.05) is 17.0 Å². The smallest absolute Gasteiger partial charge is 0.136 e. The summed E-state index contributed by atoms with van der Waals surface area (Å²) in [5.74, 6) is 0.104. The Morgan fingerprint density at radius 2 is 2.03 bits per heavy atom. The molecule has 1 aromatic heterocycles. The molecule has 150 valence electrons. The second-order valence-electron chi connectivity index (χ2n) is 7.07. The lowest BCUT2D eigenvalue weighted by molar-refractivity contribution is 0.182. The van der Waals surface area contributed by atoms with E-state index in [2.05, 4.69) is 29.8 Å². The van der Waals surface area contributed by atoms with Gasteiger partial charge < -0.3 is 9.84 Å². The summed E-state index contributed by atoms with van der Waals surface area (Å²) in [7, 11) is 0. The molecule has 0 saturated heterocycles. The average Bonchev–Trinajstić information content (AvgIpc) is 2.71. The molecular weight excluding hydrogens is 365 g/mol. The lowest BCUT2D eigenvalue weighted by atomic mass is 10.1. The molecule has 3 aromatic rings. The summed E-state index contributed by atoms with van der Waals surface area (Å²) in [4.78, 5) is 4.62. The number of fused-ring (bicyclic) bond motifs is 1. The highest BCUT2D eigenvalue weighted by molar-refractivity contribution is 5.84. The van der Waals surface area contributed by atoms with E-state index in [1.807, 2.05) is 31.2 Å². The minimum atomic E-state index is -0.366. The molecule has 1 unspecified atom stereocenters. The minimum absolute atomic E-state index is 0.245. The molecule has 0 aliphatic rings. The van der Waals surface area contributed by atoms with Gasteiger partial charge in [-0.2, -0.15) is 0 Å². The number of ether oxygens (including phenoxy) is 1. The maximum Gasteiger partial charge on any atom is 0.136 e. The van der Waals surface area contributed by atoms with Crippen molar-refractivity contribution in [2.45, 2.75) is 32.3 Å². The van der Waals surface area contributed by atoms with Crippen LogP contribution < -0.4 is 4.74 Å². The molecule has 1 heterocycles. The van der Waals surface area contributed by atoms with Gasteiger partial charge in [0.15, 0.2) is 0 Å². The van der Waals surface area contributed by atoms with Gasteiger partial charge in [-0.1, -0.05) is 36.9 Å². The van der Waals surface area contributed by atoms with Crippen molar-refractivity contribution in [2.75, 3.05) is 6.61 Å². The number of pyridine rings is 1. The van der Waals surface area contributed by atoms with Gasteiger partial charge in [-0.3, -0.25) is 0 Å². The topological polar surface area (TPSA) is 42.4 Å². The first-order valence-corrected chi connectivity index (χ1v) is 9.86. The van der Waals surface area contributed by atoms with Crippen molar-refractivity contribution < 1.29 is 14.2 Å². The first-order valence-electron chi connectivity index (χ1n) is 9.86. The molecule has 0 spiro atoms. The Morgan fingerprint density at radius 1 is 1.17 bits per heavy atom. The first kappa shape index (κ1) is 20.7. The molecule has 0 aliphatic carbocycles. The largest absolute Gasteiger partial charge is 0.489 e. The van der Waals surface area contributed by atoms with Gasteiger partial charge in [-0.25, -0.2) is 9.37 Å². The Kier molecular flexibility index (Phi) is 7.14. The van der Waals surface area contributed by atoms with Gasteiger partial charge in [0.05, 0.1) is 17.3 Å². The van der Waals surface area contributed by atoms with E-state index in [1.54, 1.807) is 18.2 Å². The number of aliphatic hydroxyl groups is 1. The molecule has 0 radical (unpaired) electrons. The van der Waals surface area contributed by atoms with Crippen molar-refractivity contribution in [1.29, 1.82) is 0 Å². The normalized spacial score (nSPS) is 12.4. The van der Waals surface area contributed by atoms with E-state index in [9.17, 15) is 9.50 Å². The second kappa shape index (κ2) is 9.99. The molecule has 3 nitrogen and oxygen atoms in total. The van der Waals surface area contributed by atoms with Gasteiger partial charge in [-0.15, -0.1) is 0 Å². The van der Waals surface area contributed by atoms with Gasteiger partial charge in [-0.05, 0) is 62.1 Å². The van der Waals surface area contributed by atoms with Crippen molar-refractivity contribution in [1.82, 2.24) is 4.98 Å². The van der Waals surface area contributed by atoms with Crippen LogP contribution in [0.4, 0.5) is 4.39 Å². The number of aromatic nitrogens is 1. The molecule has 1 N–H and O–H groups in total. The molecule has 2 aromatic carbocycles. The van der Waals surface area contributed by atoms with E-state index in [0.717, 1.165) is 35.7 Å². The molecular formula is C25H26FNO2. The van der Waals surface area contributed by atoms with E-state index in [0.29, 0.717) is 23.6 Å². The van der Waals surface area contributed by atoms with Crippen molar-refractivity contribution >= 4 is 17.0 Å². The maximum atomic E-state index is 14.5. The van der Waals surface area contributed by atoms with Crippen LogP contribution in [0.15, 0.2) is 67.3 Å². The monoisotopic (exact) mass is 391 g/mol. The fourth-order valence-electron chi connectivity index (χ4n) is 3.10. The summed E-state index contributed by atoms with van der Waals surface area (Å²) in [6.07, 6.45) is 8.29. The van der Waals surface area contributed by atoms with E-state index >= 15 is 0 Å². The van der Waals surface area contributed by atoms with Crippen LogP contribution in [0.3, 0.4) is 0 Å². The summed E-state index contributed by atoms with van der Waals surface area (Å²) in [5, 5.41) is 10.3. The van der Waals surface area contributed by atoms with Gasteiger partial charge in [0.1, 0.15) is 18.2 Å². The Hall–Kier alpha value is -2.98. The van der Waals surface area contributed by atoms with E-state index in [-0.39, 0.29) is 11.9 Å². The number of rotatable bonds is 9. The Balaban J connectivity index is 1.75. The number of nitrogens with zero attached hydrogens (tertiary/aromatic N) is 1. The lowest BCUT2D eigenvalue weighted by Crippen LogP contribution is -1.97. The highest BCUT2D eigenvalue weighted by atomic mass is 19.1. The molecule has 0 saturated carbocycles. The predicted octanol–water partition coefficient (Wildman–Crippen LogP) is 6.17. The number of benzene rings is 2. The van der Waals surface area contributed by atoms with Crippen molar-refractivity contribution in [3.05, 3.63) is 78.6 Å². The van der Waals surface area contributed by atoms with Crippen molar-refractivity contribution in [3.63, 3.8) is 0 Å². The van der Waals surface area contributed by atoms with E-state index in [1.165, 1.54) is 6.07 Å². The minimum Gasteiger partial charge on any atom is -0.489 e. The van der Waals surface area contributed by atoms with Crippen molar-refractivity contribution in [3.8, 4) is 17.0 Å². The summed E-state index contributed by atoms with van der Waals surface area (Å²) in [5.41, 5.74) is 2.95. The average molecular weight is 391 g/mol. The third-order valence-corrected chi connectivity index (χ3v) is 4.60. The highest BCUT2D eigenvalue weighted by Gasteiger charge is 2.09. The summed E-state index contributed by atoms with van der Waals surface area (Å²) < 4.78 is 19.9. The molecule has 0 bridgehead atoms. The number of allylic oxidation sites excluding steroid dienone is 1. The van der Waals surface area contributed by atoms with Gasteiger partial charge >= 0.3 is 0 Å². The number of aliphatic hydroxyl groups excluding tert-OH is 1. The Morgan fingerprint density at radius 3 is 2.79 bits per heavy atom. The van der Waals surface area contributed by atoms with Crippen LogP contribution in [0.1, 0.15) is 31.7 Å². The number of hydrogen-bond donors (Lipinski definition) is 1. The van der Waals surface area contributed by atoms with Crippen LogP contribution in [0.5, 0.6) is 5.75 Å². The third-order valence-electron chi connectivity index (χ3n) is 4.60. The molecule has 0 fully saturated rings. The zero-order chi connectivity index (χ0) is 20.6. The molecule has 3 rings (SSSR count). The fraction of sp³-hybridized carbons (Fsp3) is 0.240. The SMILES string of the molecule is C=CCOc1ccc(-c2ccc3cc(C=CCCCC(C)O)ccc3n2)c(F)c1. The molecule has 0 aliphatic heterocycles. The molecule has 1 atom stereocenters. The molecule has 29 heavy (non-hydrogen) atoms. The zero-order valence-electron chi connectivity index (χ0n) is 16.6. The quantitative estimate of drug-likeness (QED) is 0.350. The van der Waals surface area contributed by atoms with Crippen molar-refractivity contribution in [2.24, 2.45) is 0 Å². The van der Waals surface area contributed by atoms with E-state index in [4.69, 9.17) is 4.74 Å². The van der Waals surface area contributed by atoms with Crippen LogP contribution in [0.2, 0.25) is 0 Å². The van der Waals surface area contributed by atoms with Crippen LogP contribution in [0, 0.1) is 5.82 Å². The predicted molar refractivity (Wildman–Crippen MR) is 117 cm³/mol.